The Bertz CT molecular complexity index is 561. The molecule has 14 nitrogen and oxygen atoms in total. The zero-order valence-corrected chi connectivity index (χ0v) is 12.9. The van der Waals surface area contributed by atoms with Crippen LogP contribution in [0.2, 0.25) is 0 Å². The molecular formula is C12H16O14. The Kier molecular flexibility index (Phi) is 9.51. The second-order valence-corrected chi connectivity index (χ2v) is 4.84. The third-order valence-electron chi connectivity index (χ3n) is 2.69. The summed E-state index contributed by atoms with van der Waals surface area (Å²) < 4.78 is 0. The van der Waals surface area contributed by atoms with Gasteiger partial charge in [0.2, 0.25) is 0 Å². The Hall–Kier alpha value is -3.26. The van der Waals surface area contributed by atoms with Crippen molar-refractivity contribution in [1.29, 1.82) is 0 Å². The summed E-state index contributed by atoms with van der Waals surface area (Å²) in [6.45, 7) is 0. The molecule has 0 aliphatic heterocycles. The SMILES string of the molecule is O=C(O)CC(O)(CC(=O)O)C(=O)O.O=C(O)CCC(O)(C(=O)O)C(=O)O. The molecule has 0 unspecified atom stereocenters. The van der Waals surface area contributed by atoms with Gasteiger partial charge in [-0.25, -0.2) is 14.4 Å². The average molecular weight is 384 g/mol. The zero-order chi connectivity index (χ0) is 21.3. The maximum atomic E-state index is 10.3. The van der Waals surface area contributed by atoms with Crippen LogP contribution >= 0.6 is 0 Å². The van der Waals surface area contributed by atoms with Crippen LogP contribution in [0.3, 0.4) is 0 Å². The highest BCUT2D eigenvalue weighted by Crippen LogP contribution is 2.16. The van der Waals surface area contributed by atoms with Crippen LogP contribution in [0.1, 0.15) is 25.7 Å². The second-order valence-electron chi connectivity index (χ2n) is 4.84. The van der Waals surface area contributed by atoms with Crippen LogP contribution in [0.15, 0.2) is 0 Å². The molecule has 0 fully saturated rings. The van der Waals surface area contributed by atoms with Crippen LogP contribution in [0, 0.1) is 0 Å². The van der Waals surface area contributed by atoms with E-state index in [0.717, 1.165) is 0 Å². The highest BCUT2D eigenvalue weighted by Gasteiger charge is 2.44. The van der Waals surface area contributed by atoms with E-state index in [1.165, 1.54) is 0 Å². The molecule has 0 heterocycles. The molecule has 0 aliphatic carbocycles. The Morgan fingerprint density at radius 3 is 1.12 bits per heavy atom. The quantitative estimate of drug-likeness (QED) is 0.181. The first-order valence-corrected chi connectivity index (χ1v) is 6.38. The summed E-state index contributed by atoms with van der Waals surface area (Å²) in [5.74, 6) is -10.3. The van der Waals surface area contributed by atoms with Crippen molar-refractivity contribution in [3.8, 4) is 0 Å². The van der Waals surface area contributed by atoms with Crippen molar-refractivity contribution in [3.63, 3.8) is 0 Å². The van der Waals surface area contributed by atoms with E-state index in [-0.39, 0.29) is 0 Å². The molecule has 148 valence electrons. The molecule has 0 aliphatic rings. The molecule has 14 heteroatoms. The maximum absolute atomic E-state index is 10.3. The maximum Gasteiger partial charge on any atom is 0.347 e. The normalized spacial score (nSPS) is 10.8. The van der Waals surface area contributed by atoms with Crippen molar-refractivity contribution >= 4 is 35.8 Å². The number of carbonyl (C=O) groups is 6. The van der Waals surface area contributed by atoms with E-state index in [2.05, 4.69) is 0 Å². The van der Waals surface area contributed by atoms with Gasteiger partial charge in [-0.3, -0.25) is 14.4 Å². The molecule has 0 aromatic rings. The van der Waals surface area contributed by atoms with Crippen molar-refractivity contribution in [2.24, 2.45) is 0 Å². The van der Waals surface area contributed by atoms with Gasteiger partial charge in [-0.15, -0.1) is 0 Å². The molecule has 0 saturated heterocycles. The summed E-state index contributed by atoms with van der Waals surface area (Å²) in [6, 6.07) is 0. The lowest BCUT2D eigenvalue weighted by molar-refractivity contribution is -0.177. The fourth-order valence-corrected chi connectivity index (χ4v) is 1.31. The van der Waals surface area contributed by atoms with Crippen LogP contribution < -0.4 is 0 Å². The van der Waals surface area contributed by atoms with Crippen molar-refractivity contribution < 1.29 is 69.6 Å². The van der Waals surface area contributed by atoms with E-state index >= 15 is 0 Å². The molecule has 0 spiro atoms. The minimum Gasteiger partial charge on any atom is -0.481 e. The number of rotatable bonds is 10. The fraction of sp³-hybridized carbons (Fsp3) is 0.500. The Morgan fingerprint density at radius 2 is 0.923 bits per heavy atom. The third-order valence-corrected chi connectivity index (χ3v) is 2.69. The number of aliphatic carboxylic acids is 6. The van der Waals surface area contributed by atoms with Gasteiger partial charge in [-0.2, -0.15) is 0 Å². The van der Waals surface area contributed by atoms with Gasteiger partial charge in [0.1, 0.15) is 0 Å². The van der Waals surface area contributed by atoms with E-state index in [9.17, 15) is 28.8 Å². The van der Waals surface area contributed by atoms with E-state index in [1.807, 2.05) is 0 Å². The highest BCUT2D eigenvalue weighted by atomic mass is 16.4. The van der Waals surface area contributed by atoms with Gasteiger partial charge in [0.25, 0.3) is 5.60 Å². The topological polar surface area (TPSA) is 264 Å². The first-order valence-electron chi connectivity index (χ1n) is 6.38. The van der Waals surface area contributed by atoms with E-state index in [4.69, 9.17) is 40.9 Å². The number of hydrogen-bond acceptors (Lipinski definition) is 8. The first-order chi connectivity index (χ1) is 11.6. The van der Waals surface area contributed by atoms with Crippen molar-refractivity contribution in [1.82, 2.24) is 0 Å². The molecule has 0 aromatic heterocycles. The summed E-state index contributed by atoms with van der Waals surface area (Å²) in [7, 11) is 0. The molecule has 0 radical (unpaired) electrons. The molecule has 0 bridgehead atoms. The minimum absolute atomic E-state index is 0.727. The van der Waals surface area contributed by atoms with Crippen LogP contribution in [0.4, 0.5) is 0 Å². The van der Waals surface area contributed by atoms with Gasteiger partial charge in [-0.1, -0.05) is 0 Å². The molecule has 8 N–H and O–H groups in total. The van der Waals surface area contributed by atoms with E-state index in [0.29, 0.717) is 0 Å². The van der Waals surface area contributed by atoms with Crippen LogP contribution in [0.25, 0.3) is 0 Å². The standard InChI is InChI=1S/2C6H8O7/c7-3(8)1-6(13,5(11)12)2-4(9)10;7-3(8)1-2-6(13,4(9)10)5(11)12/h2*13H,1-2H2,(H,7,8)(H,9,10)(H,11,12). The van der Waals surface area contributed by atoms with Crippen LogP contribution in [0.5, 0.6) is 0 Å². The largest absolute Gasteiger partial charge is 0.481 e. The highest BCUT2D eigenvalue weighted by molar-refractivity contribution is 6.01. The number of hydrogen-bond donors (Lipinski definition) is 8. The predicted octanol–water partition coefficient (Wildman–Crippen LogP) is -2.50. The molecule has 0 saturated carbocycles. The van der Waals surface area contributed by atoms with Gasteiger partial charge >= 0.3 is 35.8 Å². The van der Waals surface area contributed by atoms with Crippen LogP contribution in [-0.4, -0.2) is 87.9 Å². The monoisotopic (exact) mass is 384 g/mol. The minimum atomic E-state index is -3.02. The van der Waals surface area contributed by atoms with Gasteiger partial charge in [0, 0.05) is 12.8 Å². The average Bonchev–Trinajstić information content (AvgIpc) is 2.42. The summed E-state index contributed by atoms with van der Waals surface area (Å²) >= 11 is 0. The predicted molar refractivity (Wildman–Crippen MR) is 74.2 cm³/mol. The molecule has 0 atom stereocenters. The van der Waals surface area contributed by atoms with Crippen molar-refractivity contribution in [3.05, 3.63) is 0 Å². The molecule has 26 heavy (non-hydrogen) atoms. The van der Waals surface area contributed by atoms with Crippen molar-refractivity contribution in [2.75, 3.05) is 0 Å². The molecule has 0 amide bonds. The first kappa shape index (κ1) is 25.0. The second kappa shape index (κ2) is 9.90. The summed E-state index contributed by atoms with van der Waals surface area (Å²) in [5, 5.41) is 67.5. The van der Waals surface area contributed by atoms with Gasteiger partial charge < -0.3 is 40.9 Å². The smallest absolute Gasteiger partial charge is 0.347 e. The van der Waals surface area contributed by atoms with E-state index < -0.39 is 72.7 Å². The Balaban J connectivity index is 0. The van der Waals surface area contributed by atoms with Crippen molar-refractivity contribution in [2.45, 2.75) is 36.9 Å². The lowest BCUT2D eigenvalue weighted by Crippen LogP contribution is -2.46. The zero-order valence-electron chi connectivity index (χ0n) is 12.9. The molecule has 0 rings (SSSR count). The van der Waals surface area contributed by atoms with Crippen LogP contribution in [-0.2, 0) is 28.8 Å². The number of carboxylic acids is 6. The molecular weight excluding hydrogens is 368 g/mol. The lowest BCUT2D eigenvalue weighted by Gasteiger charge is -2.18. The number of aliphatic hydroxyl groups is 2. The summed E-state index contributed by atoms with van der Waals surface area (Å²) in [4.78, 5) is 61.0. The lowest BCUT2D eigenvalue weighted by atomic mass is 9.96. The Labute approximate surface area is 143 Å². The summed E-state index contributed by atoms with van der Waals surface area (Å²) in [6.07, 6.45) is -3.88. The third kappa shape index (κ3) is 8.55. The van der Waals surface area contributed by atoms with Gasteiger partial charge in [-0.05, 0) is 0 Å². The van der Waals surface area contributed by atoms with E-state index in [1.54, 1.807) is 0 Å². The fourth-order valence-electron chi connectivity index (χ4n) is 1.31. The Morgan fingerprint density at radius 1 is 0.577 bits per heavy atom. The molecule has 0 aromatic carbocycles. The summed E-state index contributed by atoms with van der Waals surface area (Å²) in [5.41, 5.74) is -5.75. The number of carboxylic acid groups (broad SMARTS) is 6. The van der Waals surface area contributed by atoms with Gasteiger partial charge in [0.05, 0.1) is 12.8 Å². The van der Waals surface area contributed by atoms with Gasteiger partial charge in [0.15, 0.2) is 5.60 Å².